The Morgan fingerprint density at radius 3 is 2.44 bits per heavy atom. The van der Waals surface area contributed by atoms with E-state index in [4.69, 9.17) is 12.2 Å². The van der Waals surface area contributed by atoms with Gasteiger partial charge in [0.25, 0.3) is 0 Å². The molecule has 0 aliphatic heterocycles. The third-order valence-corrected chi connectivity index (χ3v) is 4.02. The van der Waals surface area contributed by atoms with Gasteiger partial charge in [-0.2, -0.15) is 0 Å². The fourth-order valence-electron chi connectivity index (χ4n) is 2.73. The van der Waals surface area contributed by atoms with Crippen LogP contribution in [0.2, 0.25) is 0 Å². The van der Waals surface area contributed by atoms with Gasteiger partial charge in [-0.1, -0.05) is 44.9 Å². The summed E-state index contributed by atoms with van der Waals surface area (Å²) < 4.78 is 0. The van der Waals surface area contributed by atoms with Gasteiger partial charge in [-0.25, -0.2) is 0 Å². The molecule has 0 saturated heterocycles. The van der Waals surface area contributed by atoms with Crippen LogP contribution >= 0.6 is 0 Å². The molecule has 1 saturated carbocycles. The molecule has 3 heteroatoms. The lowest BCUT2D eigenvalue weighted by Crippen LogP contribution is -2.48. The Morgan fingerprint density at radius 2 is 2.00 bits per heavy atom. The maximum atomic E-state index is 12.5. The van der Waals surface area contributed by atoms with E-state index in [-0.39, 0.29) is 17.4 Å². The first-order valence-electron chi connectivity index (χ1n) is 7.15. The summed E-state index contributed by atoms with van der Waals surface area (Å²) >= 11 is 0. The summed E-state index contributed by atoms with van der Waals surface area (Å²) in [7, 11) is 0. The van der Waals surface area contributed by atoms with Gasteiger partial charge < -0.3 is 11.1 Å². The van der Waals surface area contributed by atoms with Crippen molar-refractivity contribution in [3.8, 4) is 12.3 Å². The van der Waals surface area contributed by atoms with Gasteiger partial charge in [-0.3, -0.25) is 4.79 Å². The molecule has 1 unspecified atom stereocenters. The zero-order valence-electron chi connectivity index (χ0n) is 11.5. The van der Waals surface area contributed by atoms with E-state index in [0.29, 0.717) is 6.54 Å². The first kappa shape index (κ1) is 15.0. The van der Waals surface area contributed by atoms with E-state index in [0.717, 1.165) is 38.5 Å². The fourth-order valence-corrected chi connectivity index (χ4v) is 2.73. The minimum Gasteiger partial charge on any atom is -0.342 e. The molecule has 1 aliphatic rings. The summed E-state index contributed by atoms with van der Waals surface area (Å²) in [5, 5.41) is 3.00. The number of rotatable bonds is 5. The van der Waals surface area contributed by atoms with Crippen LogP contribution in [0.4, 0.5) is 0 Å². The predicted octanol–water partition coefficient (Wildman–Crippen LogP) is 2.20. The second-order valence-electron chi connectivity index (χ2n) is 5.38. The molecule has 1 amide bonds. The first-order chi connectivity index (χ1) is 8.68. The largest absolute Gasteiger partial charge is 0.342 e. The highest BCUT2D eigenvalue weighted by molar-refractivity contribution is 5.83. The van der Waals surface area contributed by atoms with Crippen molar-refractivity contribution in [2.75, 3.05) is 6.54 Å². The Hall–Kier alpha value is -1.01. The number of carbonyl (C=O) groups is 1. The van der Waals surface area contributed by atoms with Gasteiger partial charge in [-0.05, 0) is 19.3 Å². The molecule has 1 rings (SSSR count). The molecule has 0 heterocycles. The summed E-state index contributed by atoms with van der Waals surface area (Å²) in [6.45, 7) is 2.50. The van der Waals surface area contributed by atoms with Crippen molar-refractivity contribution in [3.05, 3.63) is 0 Å². The maximum Gasteiger partial charge on any atom is 0.228 e. The van der Waals surface area contributed by atoms with E-state index in [1.165, 1.54) is 12.8 Å². The smallest absolute Gasteiger partial charge is 0.228 e. The molecule has 1 atom stereocenters. The average molecular weight is 250 g/mol. The lowest BCUT2D eigenvalue weighted by atomic mass is 9.79. The molecule has 0 aromatic carbocycles. The molecule has 18 heavy (non-hydrogen) atoms. The summed E-state index contributed by atoms with van der Waals surface area (Å²) in [4.78, 5) is 12.5. The van der Waals surface area contributed by atoms with Crippen molar-refractivity contribution in [2.24, 2.45) is 11.1 Å². The van der Waals surface area contributed by atoms with Gasteiger partial charge in [0.05, 0.1) is 11.5 Å². The van der Waals surface area contributed by atoms with Crippen molar-refractivity contribution in [2.45, 2.75) is 64.3 Å². The Balaban J connectivity index is 2.68. The molecule has 0 spiro atoms. The normalized spacial score (nSPS) is 20.5. The van der Waals surface area contributed by atoms with Crippen LogP contribution < -0.4 is 11.1 Å². The maximum absolute atomic E-state index is 12.5. The Kier molecular flexibility index (Phi) is 6.21. The third kappa shape index (κ3) is 3.74. The van der Waals surface area contributed by atoms with Crippen LogP contribution in [-0.4, -0.2) is 18.5 Å². The predicted molar refractivity (Wildman–Crippen MR) is 74.9 cm³/mol. The number of amides is 1. The van der Waals surface area contributed by atoms with Crippen LogP contribution in [0, 0.1) is 17.8 Å². The first-order valence-corrected chi connectivity index (χ1v) is 7.15. The minimum absolute atomic E-state index is 0.0725. The number of hydrogen-bond donors (Lipinski definition) is 2. The molecule has 0 aromatic rings. The molecule has 0 bridgehead atoms. The van der Waals surface area contributed by atoms with Crippen molar-refractivity contribution in [1.29, 1.82) is 0 Å². The van der Waals surface area contributed by atoms with Crippen molar-refractivity contribution < 1.29 is 4.79 Å². The lowest BCUT2D eigenvalue weighted by Gasteiger charge is -2.31. The topological polar surface area (TPSA) is 55.1 Å². The Morgan fingerprint density at radius 1 is 1.39 bits per heavy atom. The van der Waals surface area contributed by atoms with Crippen LogP contribution in [0.3, 0.4) is 0 Å². The zero-order valence-corrected chi connectivity index (χ0v) is 11.5. The molecule has 1 aliphatic carbocycles. The van der Waals surface area contributed by atoms with E-state index < -0.39 is 0 Å². The molecule has 0 radical (unpaired) electrons. The number of terminal acetylenes is 1. The lowest BCUT2D eigenvalue weighted by molar-refractivity contribution is -0.131. The van der Waals surface area contributed by atoms with Gasteiger partial charge in [-0.15, -0.1) is 6.42 Å². The van der Waals surface area contributed by atoms with Gasteiger partial charge in [0.2, 0.25) is 5.91 Å². The standard InChI is InChI=1S/C15H26N2O/c1-3-9-13(4-2)17-14(18)15(12-16)10-7-5-6-8-11-15/h2,13H,3,5-12,16H2,1H3,(H,17,18). The molecule has 3 N–H and O–H groups in total. The second kappa shape index (κ2) is 7.43. The van der Waals surface area contributed by atoms with Crippen molar-refractivity contribution >= 4 is 5.91 Å². The second-order valence-corrected chi connectivity index (χ2v) is 5.38. The quantitative estimate of drug-likeness (QED) is 0.580. The summed E-state index contributed by atoms with van der Waals surface area (Å²) in [6.07, 6.45) is 13.7. The van der Waals surface area contributed by atoms with Gasteiger partial charge >= 0.3 is 0 Å². The highest BCUT2D eigenvalue weighted by Gasteiger charge is 2.37. The Bertz CT molecular complexity index is 298. The van der Waals surface area contributed by atoms with E-state index in [9.17, 15) is 4.79 Å². The number of carbonyl (C=O) groups excluding carboxylic acids is 1. The summed E-state index contributed by atoms with van der Waals surface area (Å²) in [6, 6.07) is -0.144. The highest BCUT2D eigenvalue weighted by atomic mass is 16.2. The van der Waals surface area contributed by atoms with Gasteiger partial charge in [0.15, 0.2) is 0 Å². The van der Waals surface area contributed by atoms with Crippen LogP contribution in [-0.2, 0) is 4.79 Å². The molecular weight excluding hydrogens is 224 g/mol. The molecule has 1 fully saturated rings. The van der Waals surface area contributed by atoms with Crippen molar-refractivity contribution in [3.63, 3.8) is 0 Å². The number of nitrogens with two attached hydrogens (primary N) is 1. The third-order valence-electron chi connectivity index (χ3n) is 4.02. The van der Waals surface area contributed by atoms with E-state index in [1.807, 2.05) is 0 Å². The molecule has 102 valence electrons. The SMILES string of the molecule is C#CC(CCC)NC(=O)C1(CN)CCCCCC1. The summed E-state index contributed by atoms with van der Waals surface area (Å²) in [5.74, 6) is 2.73. The average Bonchev–Trinajstić information content (AvgIpc) is 2.64. The zero-order chi connectivity index (χ0) is 13.4. The van der Waals surface area contributed by atoms with Crippen molar-refractivity contribution in [1.82, 2.24) is 5.32 Å². The van der Waals surface area contributed by atoms with Crippen LogP contribution in [0.15, 0.2) is 0 Å². The van der Waals surface area contributed by atoms with Gasteiger partial charge in [0.1, 0.15) is 0 Å². The van der Waals surface area contributed by atoms with E-state index >= 15 is 0 Å². The summed E-state index contributed by atoms with van der Waals surface area (Å²) in [5.41, 5.74) is 5.51. The fraction of sp³-hybridized carbons (Fsp3) is 0.800. The Labute approximate surface area is 111 Å². The molecular formula is C15H26N2O. The molecule has 0 aromatic heterocycles. The minimum atomic E-state index is -0.376. The number of nitrogens with one attached hydrogen (secondary N) is 1. The van der Waals surface area contributed by atoms with Crippen LogP contribution in [0.1, 0.15) is 58.3 Å². The highest BCUT2D eigenvalue weighted by Crippen LogP contribution is 2.34. The monoisotopic (exact) mass is 250 g/mol. The van der Waals surface area contributed by atoms with Gasteiger partial charge in [0, 0.05) is 6.54 Å². The van der Waals surface area contributed by atoms with E-state index in [2.05, 4.69) is 18.2 Å². The number of hydrogen-bond acceptors (Lipinski definition) is 2. The van der Waals surface area contributed by atoms with Crippen LogP contribution in [0.25, 0.3) is 0 Å². The molecule has 3 nitrogen and oxygen atoms in total. The van der Waals surface area contributed by atoms with Crippen LogP contribution in [0.5, 0.6) is 0 Å². The van der Waals surface area contributed by atoms with E-state index in [1.54, 1.807) is 0 Å².